The summed E-state index contributed by atoms with van der Waals surface area (Å²) >= 11 is 0. The zero-order valence-electron chi connectivity index (χ0n) is 14.8. The van der Waals surface area contributed by atoms with E-state index in [9.17, 15) is 9.18 Å². The van der Waals surface area contributed by atoms with Crippen LogP contribution in [0.3, 0.4) is 0 Å². The summed E-state index contributed by atoms with van der Waals surface area (Å²) in [5.41, 5.74) is 0.288. The van der Waals surface area contributed by atoms with E-state index in [1.165, 1.54) is 6.07 Å². The molecule has 1 N–H and O–H groups in total. The van der Waals surface area contributed by atoms with Crippen LogP contribution >= 0.6 is 0 Å². The molecule has 8 heteroatoms. The van der Waals surface area contributed by atoms with E-state index in [0.29, 0.717) is 18.9 Å². The maximum Gasteiger partial charge on any atom is 0.227 e. The summed E-state index contributed by atoms with van der Waals surface area (Å²) in [6, 6.07) is 6.26. The molecule has 0 aliphatic carbocycles. The third-order valence-electron chi connectivity index (χ3n) is 4.82. The molecular weight excluding hydrogens is 349 g/mol. The molecule has 0 radical (unpaired) electrons. The van der Waals surface area contributed by atoms with Crippen molar-refractivity contribution < 1.29 is 13.7 Å². The van der Waals surface area contributed by atoms with Crippen LogP contribution in [0.15, 0.2) is 41.2 Å². The number of nitrogens with one attached hydrogen (secondary N) is 1. The van der Waals surface area contributed by atoms with Gasteiger partial charge in [0.2, 0.25) is 17.6 Å². The molecule has 4 rings (SSSR count). The minimum Gasteiger partial charge on any atom is -0.348 e. The predicted octanol–water partition coefficient (Wildman–Crippen LogP) is 2.94. The Labute approximate surface area is 155 Å². The second kappa shape index (κ2) is 7.69. The monoisotopic (exact) mass is 369 g/mol. The van der Waals surface area contributed by atoms with Gasteiger partial charge in [-0.1, -0.05) is 17.3 Å². The van der Waals surface area contributed by atoms with Crippen molar-refractivity contribution in [3.05, 3.63) is 54.2 Å². The van der Waals surface area contributed by atoms with Crippen LogP contribution in [0.2, 0.25) is 0 Å². The number of aromatic nitrogens is 4. The average Bonchev–Trinajstić information content (AvgIpc) is 3.39. The van der Waals surface area contributed by atoms with E-state index in [4.69, 9.17) is 4.52 Å². The summed E-state index contributed by atoms with van der Waals surface area (Å²) in [4.78, 5) is 26.1. The first-order chi connectivity index (χ1) is 13.2. The lowest BCUT2D eigenvalue weighted by molar-refractivity contribution is -0.132. The fourth-order valence-corrected chi connectivity index (χ4v) is 3.41. The molecule has 1 aliphatic heterocycles. The molecule has 0 saturated carbocycles. The van der Waals surface area contributed by atoms with Crippen LogP contribution in [0, 0.1) is 5.82 Å². The average molecular weight is 369 g/mol. The summed E-state index contributed by atoms with van der Waals surface area (Å²) in [6.45, 7) is 1.41. The van der Waals surface area contributed by atoms with Crippen LogP contribution in [0.5, 0.6) is 0 Å². The molecule has 1 unspecified atom stereocenters. The quantitative estimate of drug-likeness (QED) is 0.747. The van der Waals surface area contributed by atoms with E-state index >= 15 is 0 Å². The third-order valence-corrected chi connectivity index (χ3v) is 4.82. The van der Waals surface area contributed by atoms with Crippen LogP contribution in [0.1, 0.15) is 36.9 Å². The SMILES string of the molecule is O=C(CCc1nc(-c2ccccc2F)no1)N1CCCC(c2ncc[nH]2)C1. The number of rotatable bonds is 5. The van der Waals surface area contributed by atoms with Crippen LogP contribution in [-0.4, -0.2) is 44.0 Å². The van der Waals surface area contributed by atoms with Crippen LogP contribution in [0.4, 0.5) is 4.39 Å². The van der Waals surface area contributed by atoms with Gasteiger partial charge in [0.05, 0.1) is 5.56 Å². The van der Waals surface area contributed by atoms with Crippen LogP contribution in [-0.2, 0) is 11.2 Å². The zero-order chi connectivity index (χ0) is 18.6. The fraction of sp³-hybridized carbons (Fsp3) is 0.368. The van der Waals surface area contributed by atoms with Crippen LogP contribution in [0.25, 0.3) is 11.4 Å². The topological polar surface area (TPSA) is 87.9 Å². The lowest BCUT2D eigenvalue weighted by Crippen LogP contribution is -2.39. The second-order valence-electron chi connectivity index (χ2n) is 6.64. The minimum atomic E-state index is -0.404. The number of halogens is 1. The number of benzene rings is 1. The highest BCUT2D eigenvalue weighted by molar-refractivity contribution is 5.76. The minimum absolute atomic E-state index is 0.0527. The van der Waals surface area contributed by atoms with Crippen LogP contribution < -0.4 is 0 Å². The third kappa shape index (κ3) is 3.89. The molecule has 1 fully saturated rings. The molecule has 0 bridgehead atoms. The number of hydrogen-bond donors (Lipinski definition) is 1. The van der Waals surface area contributed by atoms with E-state index in [2.05, 4.69) is 20.1 Å². The fourth-order valence-electron chi connectivity index (χ4n) is 3.41. The molecule has 3 heterocycles. The molecule has 140 valence electrons. The van der Waals surface area contributed by atoms with Crippen molar-refractivity contribution in [2.24, 2.45) is 0 Å². The van der Waals surface area contributed by atoms with Gasteiger partial charge in [-0.15, -0.1) is 0 Å². The Kier molecular flexibility index (Phi) is 4.95. The smallest absolute Gasteiger partial charge is 0.227 e. The predicted molar refractivity (Wildman–Crippen MR) is 95.2 cm³/mol. The van der Waals surface area contributed by atoms with Crippen molar-refractivity contribution in [2.45, 2.75) is 31.6 Å². The summed E-state index contributed by atoms with van der Waals surface area (Å²) in [5.74, 6) is 1.36. The lowest BCUT2D eigenvalue weighted by atomic mass is 9.97. The van der Waals surface area contributed by atoms with Gasteiger partial charge < -0.3 is 14.4 Å². The van der Waals surface area contributed by atoms with Gasteiger partial charge in [-0.25, -0.2) is 9.37 Å². The van der Waals surface area contributed by atoms with E-state index in [-0.39, 0.29) is 29.6 Å². The molecule has 1 saturated heterocycles. The largest absolute Gasteiger partial charge is 0.348 e. The number of nitrogens with zero attached hydrogens (tertiary/aromatic N) is 4. The van der Waals surface area contributed by atoms with Crippen molar-refractivity contribution in [3.63, 3.8) is 0 Å². The Morgan fingerprint density at radius 3 is 3.07 bits per heavy atom. The van der Waals surface area contributed by atoms with Gasteiger partial charge >= 0.3 is 0 Å². The first-order valence-corrected chi connectivity index (χ1v) is 9.05. The van der Waals surface area contributed by atoms with Gasteiger partial charge in [0.1, 0.15) is 11.6 Å². The molecule has 3 aromatic rings. The Hall–Kier alpha value is -3.03. The first-order valence-electron chi connectivity index (χ1n) is 9.05. The Bertz CT molecular complexity index is 908. The number of likely N-dealkylation sites (tertiary alicyclic amines) is 1. The van der Waals surface area contributed by atoms with Crippen molar-refractivity contribution in [2.75, 3.05) is 13.1 Å². The van der Waals surface area contributed by atoms with Gasteiger partial charge in [0, 0.05) is 44.2 Å². The highest BCUT2D eigenvalue weighted by Crippen LogP contribution is 2.25. The van der Waals surface area contributed by atoms with E-state index < -0.39 is 5.82 Å². The molecule has 0 spiro atoms. The molecule has 1 atom stereocenters. The number of hydrogen-bond acceptors (Lipinski definition) is 5. The van der Waals surface area contributed by atoms with Gasteiger partial charge in [-0.3, -0.25) is 4.79 Å². The molecule has 7 nitrogen and oxygen atoms in total. The number of imidazole rings is 1. The highest BCUT2D eigenvalue weighted by Gasteiger charge is 2.26. The van der Waals surface area contributed by atoms with E-state index in [1.807, 2.05) is 4.90 Å². The molecule has 2 aromatic heterocycles. The molecule has 1 amide bonds. The molecular formula is C19H20FN5O2. The van der Waals surface area contributed by atoms with Crippen molar-refractivity contribution >= 4 is 5.91 Å². The molecule has 1 aliphatic rings. The Balaban J connectivity index is 1.35. The van der Waals surface area contributed by atoms with Crippen molar-refractivity contribution in [1.29, 1.82) is 0 Å². The number of carbonyl (C=O) groups is 1. The first kappa shape index (κ1) is 17.4. The summed E-state index contributed by atoms with van der Waals surface area (Å²) < 4.78 is 19.0. The lowest BCUT2D eigenvalue weighted by Gasteiger charge is -2.31. The standard InChI is InChI=1S/C19H20FN5O2/c20-15-6-2-1-5-14(15)19-23-16(27-24-19)7-8-17(26)25-11-3-4-13(12-25)18-21-9-10-22-18/h1-2,5-6,9-10,13H,3-4,7-8,11-12H2,(H,21,22). The van der Waals surface area contributed by atoms with Gasteiger partial charge in [-0.2, -0.15) is 4.98 Å². The summed E-state index contributed by atoms with van der Waals surface area (Å²) in [6.07, 6.45) is 6.13. The second-order valence-corrected chi connectivity index (χ2v) is 6.64. The number of H-pyrrole nitrogens is 1. The number of carbonyl (C=O) groups excluding carboxylic acids is 1. The van der Waals surface area contributed by atoms with Crippen molar-refractivity contribution in [1.82, 2.24) is 25.0 Å². The highest BCUT2D eigenvalue weighted by atomic mass is 19.1. The maximum atomic E-state index is 13.8. The van der Waals surface area contributed by atoms with Crippen molar-refractivity contribution in [3.8, 4) is 11.4 Å². The van der Waals surface area contributed by atoms with Gasteiger partial charge in [-0.05, 0) is 25.0 Å². The Morgan fingerprint density at radius 1 is 1.37 bits per heavy atom. The van der Waals surface area contributed by atoms with Gasteiger partial charge in [0.15, 0.2) is 0 Å². The summed E-state index contributed by atoms with van der Waals surface area (Å²) in [7, 11) is 0. The molecule has 1 aromatic carbocycles. The number of aryl methyl sites for hydroxylation is 1. The number of amides is 1. The molecule has 27 heavy (non-hydrogen) atoms. The number of piperidine rings is 1. The normalized spacial score (nSPS) is 17.2. The Morgan fingerprint density at radius 2 is 2.26 bits per heavy atom. The van der Waals surface area contributed by atoms with Gasteiger partial charge in [0.25, 0.3) is 0 Å². The van der Waals surface area contributed by atoms with E-state index in [1.54, 1.807) is 30.6 Å². The van der Waals surface area contributed by atoms with E-state index in [0.717, 1.165) is 25.2 Å². The zero-order valence-corrected chi connectivity index (χ0v) is 14.8. The summed E-state index contributed by atoms with van der Waals surface area (Å²) in [5, 5.41) is 3.82. The maximum absolute atomic E-state index is 13.8. The number of aromatic amines is 1.